The quantitative estimate of drug-likeness (QED) is 0.341. The van der Waals surface area contributed by atoms with Crippen molar-refractivity contribution < 1.29 is 14.3 Å². The Morgan fingerprint density at radius 3 is 2.76 bits per heavy atom. The summed E-state index contributed by atoms with van der Waals surface area (Å²) >= 11 is 1.57. The molecule has 0 bridgehead atoms. The standard InChI is InChI=1S/C21H30N4O3S/c1-14(27-4)17(9-10-18(23-3)28-5)19(26)24-16-8-6-7-15(13-16)21(2)11-12-29-20(22)25-21/h6-10,13-14,23H,11-12H2,1-5H3,(H2,22,25)(H,24,26)/b17-9+,18-10+. The van der Waals surface area contributed by atoms with Crippen LogP contribution >= 0.6 is 11.8 Å². The summed E-state index contributed by atoms with van der Waals surface area (Å²) < 4.78 is 10.5. The molecule has 29 heavy (non-hydrogen) atoms. The summed E-state index contributed by atoms with van der Waals surface area (Å²) in [4.78, 5) is 17.6. The normalized spacial score (nSPS) is 21.2. The molecule has 8 heteroatoms. The van der Waals surface area contributed by atoms with Crippen LogP contribution in [-0.2, 0) is 19.8 Å². The van der Waals surface area contributed by atoms with E-state index in [0.717, 1.165) is 17.7 Å². The van der Waals surface area contributed by atoms with E-state index in [9.17, 15) is 4.79 Å². The Balaban J connectivity index is 2.27. The third-order valence-corrected chi connectivity index (χ3v) is 5.67. The van der Waals surface area contributed by atoms with Crippen molar-refractivity contribution in [3.05, 3.63) is 53.4 Å². The second-order valence-electron chi connectivity index (χ2n) is 6.84. The Morgan fingerprint density at radius 2 is 2.14 bits per heavy atom. The van der Waals surface area contributed by atoms with E-state index in [4.69, 9.17) is 15.2 Å². The number of amidine groups is 1. The number of ether oxygens (including phenoxy) is 2. The lowest BCUT2D eigenvalue weighted by Gasteiger charge is -2.30. The Kier molecular flexibility index (Phi) is 8.16. The molecule has 0 saturated heterocycles. The van der Waals surface area contributed by atoms with E-state index in [-0.39, 0.29) is 12.0 Å². The van der Waals surface area contributed by atoms with Crippen molar-refractivity contribution in [2.45, 2.75) is 31.9 Å². The topological polar surface area (TPSA) is 98.0 Å². The number of allylic oxidation sites excluding steroid dienone is 2. The molecule has 1 aromatic carbocycles. The summed E-state index contributed by atoms with van der Waals surface area (Å²) in [5, 5.41) is 6.46. The van der Waals surface area contributed by atoms with Crippen molar-refractivity contribution in [2.24, 2.45) is 10.7 Å². The number of anilines is 1. The minimum absolute atomic E-state index is 0.244. The van der Waals surface area contributed by atoms with Crippen LogP contribution in [0.4, 0.5) is 5.69 Å². The number of nitrogens with one attached hydrogen (secondary N) is 2. The van der Waals surface area contributed by atoms with Gasteiger partial charge in [-0.05, 0) is 50.1 Å². The van der Waals surface area contributed by atoms with Crippen LogP contribution in [0.25, 0.3) is 0 Å². The van der Waals surface area contributed by atoms with Gasteiger partial charge < -0.3 is 25.8 Å². The third-order valence-electron chi connectivity index (χ3n) is 4.87. The van der Waals surface area contributed by atoms with Crippen LogP contribution in [0, 0.1) is 0 Å². The van der Waals surface area contributed by atoms with Crippen molar-refractivity contribution in [1.29, 1.82) is 0 Å². The van der Waals surface area contributed by atoms with E-state index in [1.54, 1.807) is 45.2 Å². The number of rotatable bonds is 8. The number of nitrogens with two attached hydrogens (primary N) is 1. The lowest BCUT2D eigenvalue weighted by Crippen LogP contribution is -2.29. The number of hydrogen-bond donors (Lipinski definition) is 3. The number of benzene rings is 1. The summed E-state index contributed by atoms with van der Waals surface area (Å²) in [6.45, 7) is 3.88. The number of thioether (sulfide) groups is 1. The van der Waals surface area contributed by atoms with E-state index in [1.807, 2.05) is 31.2 Å². The SMILES string of the molecule is CN/C(=C\C=C(\C(=O)Nc1cccc(C2(C)CCSC(N)=N2)c1)C(C)OC)OC. The molecule has 0 radical (unpaired) electrons. The van der Waals surface area contributed by atoms with E-state index in [2.05, 4.69) is 22.5 Å². The first-order chi connectivity index (χ1) is 13.8. The second-order valence-corrected chi connectivity index (χ2v) is 7.96. The molecule has 7 nitrogen and oxygen atoms in total. The Morgan fingerprint density at radius 1 is 1.38 bits per heavy atom. The molecular formula is C21H30N4O3S. The van der Waals surface area contributed by atoms with Gasteiger partial charge in [0, 0.05) is 31.2 Å². The largest absolute Gasteiger partial charge is 0.483 e. The Bertz CT molecular complexity index is 816. The average Bonchev–Trinajstić information content (AvgIpc) is 2.71. The monoisotopic (exact) mass is 418 g/mol. The lowest BCUT2D eigenvalue weighted by atomic mass is 9.89. The fraction of sp³-hybridized carbons (Fsp3) is 0.429. The van der Waals surface area contributed by atoms with Gasteiger partial charge in [-0.3, -0.25) is 9.79 Å². The van der Waals surface area contributed by atoms with Gasteiger partial charge in [0.1, 0.15) is 0 Å². The highest BCUT2D eigenvalue weighted by Gasteiger charge is 2.29. The van der Waals surface area contributed by atoms with Gasteiger partial charge in [0.05, 0.1) is 18.8 Å². The minimum atomic E-state index is -0.391. The molecule has 1 heterocycles. The molecule has 0 aliphatic carbocycles. The van der Waals surface area contributed by atoms with Crippen LogP contribution in [0.2, 0.25) is 0 Å². The van der Waals surface area contributed by atoms with Crippen molar-refractivity contribution in [2.75, 3.05) is 32.3 Å². The molecule has 2 atom stereocenters. The Labute approximate surface area is 176 Å². The maximum atomic E-state index is 12.9. The maximum Gasteiger partial charge on any atom is 0.254 e. The molecule has 0 fully saturated rings. The third kappa shape index (κ3) is 6.01. The fourth-order valence-corrected chi connectivity index (χ4v) is 3.95. The van der Waals surface area contributed by atoms with Crippen LogP contribution in [0.5, 0.6) is 0 Å². The lowest BCUT2D eigenvalue weighted by molar-refractivity contribution is -0.113. The zero-order chi connectivity index (χ0) is 21.4. The zero-order valence-electron chi connectivity index (χ0n) is 17.6. The number of carbonyl (C=O) groups excluding carboxylic acids is 1. The summed E-state index contributed by atoms with van der Waals surface area (Å²) in [6, 6.07) is 7.73. The van der Waals surface area contributed by atoms with Gasteiger partial charge in [-0.1, -0.05) is 23.9 Å². The fourth-order valence-electron chi connectivity index (χ4n) is 2.97. The molecule has 1 aliphatic rings. The highest BCUT2D eigenvalue weighted by atomic mass is 32.2. The van der Waals surface area contributed by atoms with Gasteiger partial charge in [0.2, 0.25) is 0 Å². The number of nitrogens with zero attached hydrogens (tertiary/aromatic N) is 1. The molecule has 1 aliphatic heterocycles. The van der Waals surface area contributed by atoms with Gasteiger partial charge in [0.15, 0.2) is 11.1 Å². The molecule has 0 spiro atoms. The minimum Gasteiger partial charge on any atom is -0.483 e. The molecule has 0 saturated carbocycles. The predicted octanol–water partition coefficient (Wildman–Crippen LogP) is 2.96. The summed E-state index contributed by atoms with van der Waals surface area (Å²) in [5.41, 5.74) is 7.73. The van der Waals surface area contributed by atoms with Gasteiger partial charge in [0.25, 0.3) is 5.91 Å². The molecule has 1 aromatic rings. The van der Waals surface area contributed by atoms with E-state index < -0.39 is 5.54 Å². The maximum absolute atomic E-state index is 12.9. The highest BCUT2D eigenvalue weighted by Crippen LogP contribution is 2.35. The van der Waals surface area contributed by atoms with Crippen LogP contribution in [0.15, 0.2) is 52.9 Å². The molecular weight excluding hydrogens is 388 g/mol. The summed E-state index contributed by atoms with van der Waals surface area (Å²) in [5.74, 6) is 1.21. The number of methoxy groups -OCH3 is 2. The average molecular weight is 419 g/mol. The van der Waals surface area contributed by atoms with E-state index in [0.29, 0.717) is 22.3 Å². The van der Waals surface area contributed by atoms with Gasteiger partial charge in [-0.2, -0.15) is 0 Å². The molecule has 158 valence electrons. The predicted molar refractivity (Wildman–Crippen MR) is 120 cm³/mol. The number of carbonyl (C=O) groups is 1. The van der Waals surface area contributed by atoms with Gasteiger partial charge in [-0.25, -0.2) is 0 Å². The van der Waals surface area contributed by atoms with Gasteiger partial charge in [-0.15, -0.1) is 0 Å². The zero-order valence-corrected chi connectivity index (χ0v) is 18.4. The van der Waals surface area contributed by atoms with Crippen molar-refractivity contribution in [3.8, 4) is 0 Å². The van der Waals surface area contributed by atoms with E-state index in [1.165, 1.54) is 0 Å². The summed E-state index contributed by atoms with van der Waals surface area (Å²) in [7, 11) is 4.87. The molecule has 0 aromatic heterocycles. The molecule has 2 rings (SSSR count). The number of hydrogen-bond acceptors (Lipinski definition) is 7. The van der Waals surface area contributed by atoms with Crippen molar-refractivity contribution in [3.63, 3.8) is 0 Å². The molecule has 2 unspecified atom stereocenters. The van der Waals surface area contributed by atoms with Crippen LogP contribution < -0.4 is 16.4 Å². The first-order valence-corrected chi connectivity index (χ1v) is 10.4. The number of amides is 1. The van der Waals surface area contributed by atoms with Gasteiger partial charge >= 0.3 is 0 Å². The first kappa shape index (κ1) is 22.8. The highest BCUT2D eigenvalue weighted by molar-refractivity contribution is 8.13. The van der Waals surface area contributed by atoms with Crippen LogP contribution in [0.3, 0.4) is 0 Å². The second kappa shape index (κ2) is 10.4. The van der Waals surface area contributed by atoms with Crippen molar-refractivity contribution in [1.82, 2.24) is 5.32 Å². The Hall–Kier alpha value is -2.45. The smallest absolute Gasteiger partial charge is 0.254 e. The summed E-state index contributed by atoms with van der Waals surface area (Å²) in [6.07, 6.45) is 3.88. The molecule has 4 N–H and O–H groups in total. The number of aliphatic imine (C=N–C) groups is 1. The van der Waals surface area contributed by atoms with Crippen LogP contribution in [0.1, 0.15) is 25.8 Å². The van der Waals surface area contributed by atoms with Crippen LogP contribution in [-0.4, -0.2) is 44.2 Å². The first-order valence-electron chi connectivity index (χ1n) is 9.39. The molecule has 1 amide bonds. The van der Waals surface area contributed by atoms with Crippen molar-refractivity contribution >= 4 is 28.5 Å². The van der Waals surface area contributed by atoms with E-state index >= 15 is 0 Å².